The van der Waals surface area contributed by atoms with Gasteiger partial charge in [0.1, 0.15) is 4.90 Å². The normalized spacial score (nSPS) is 15.7. The second kappa shape index (κ2) is 8.15. The Morgan fingerprint density at radius 3 is 2.56 bits per heavy atom. The van der Waals surface area contributed by atoms with Gasteiger partial charge in [-0.2, -0.15) is 4.31 Å². The van der Waals surface area contributed by atoms with Gasteiger partial charge >= 0.3 is 0 Å². The van der Waals surface area contributed by atoms with Crippen molar-refractivity contribution in [2.24, 2.45) is 0 Å². The molecule has 0 aliphatic carbocycles. The van der Waals surface area contributed by atoms with Crippen LogP contribution >= 0.6 is 23.2 Å². The fourth-order valence-electron chi connectivity index (χ4n) is 2.59. The molecule has 0 unspecified atom stereocenters. The number of morpholine rings is 1. The molecule has 1 fully saturated rings. The number of hydrogen-bond donors (Lipinski definition) is 1. The number of halogens is 2. The fourth-order valence-corrected chi connectivity index (χ4v) is 4.83. The number of carbonyl (C=O) groups excluding carboxylic acids is 1. The lowest BCUT2D eigenvalue weighted by Crippen LogP contribution is -2.40. The molecule has 8 nitrogen and oxygen atoms in total. The fraction of sp³-hybridized carbons (Fsp3) is 0.375. The maximum absolute atomic E-state index is 12.9. The topological polar surface area (TPSA) is 102 Å². The molecule has 11 heteroatoms. The van der Waals surface area contributed by atoms with Gasteiger partial charge in [0.15, 0.2) is 5.76 Å². The monoisotopic (exact) mass is 433 g/mol. The van der Waals surface area contributed by atoms with Crippen LogP contribution in [0, 0.1) is 6.92 Å². The predicted octanol–water partition coefficient (Wildman–Crippen LogP) is 2.24. The molecule has 0 bridgehead atoms. The maximum atomic E-state index is 12.9. The smallest absolute Gasteiger partial charge is 0.253 e. The Hall–Kier alpha value is -1.65. The minimum Gasteiger partial charge on any atom is -0.379 e. The first-order valence-electron chi connectivity index (χ1n) is 8.06. The second-order valence-corrected chi connectivity index (χ2v) is 8.62. The number of hydrogen-bond acceptors (Lipinski definition) is 6. The number of carbonyl (C=O) groups is 1. The number of benzene rings is 1. The quantitative estimate of drug-likeness (QED) is 0.775. The Morgan fingerprint density at radius 1 is 1.22 bits per heavy atom. The van der Waals surface area contributed by atoms with E-state index in [1.54, 1.807) is 13.0 Å². The zero-order valence-corrected chi connectivity index (χ0v) is 16.7. The van der Waals surface area contributed by atoms with Crippen molar-refractivity contribution in [2.45, 2.75) is 18.4 Å². The average molecular weight is 434 g/mol. The van der Waals surface area contributed by atoms with Crippen molar-refractivity contribution in [2.75, 3.05) is 26.3 Å². The molecule has 1 amide bonds. The molecule has 1 aliphatic heterocycles. The first-order valence-corrected chi connectivity index (χ1v) is 10.3. The summed E-state index contributed by atoms with van der Waals surface area (Å²) in [5.41, 5.74) is 0.687. The second-order valence-electron chi connectivity index (χ2n) is 5.90. The van der Waals surface area contributed by atoms with E-state index in [2.05, 4.69) is 10.5 Å². The van der Waals surface area contributed by atoms with Crippen LogP contribution in [0.1, 0.15) is 21.8 Å². The number of nitrogens with zero attached hydrogens (tertiary/aromatic N) is 2. The summed E-state index contributed by atoms with van der Waals surface area (Å²) >= 11 is 12.2. The van der Waals surface area contributed by atoms with Crippen LogP contribution in [-0.2, 0) is 21.3 Å². The molecular formula is C16H17Cl2N3O5S. The van der Waals surface area contributed by atoms with Crippen LogP contribution in [0.2, 0.25) is 10.0 Å². The van der Waals surface area contributed by atoms with Crippen LogP contribution in [0.4, 0.5) is 0 Å². The molecule has 3 rings (SSSR count). The first kappa shape index (κ1) is 20.1. The summed E-state index contributed by atoms with van der Waals surface area (Å²) < 4.78 is 37.2. The van der Waals surface area contributed by atoms with Gasteiger partial charge in [0.25, 0.3) is 5.91 Å². The summed E-state index contributed by atoms with van der Waals surface area (Å²) in [4.78, 5) is 12.3. The van der Waals surface area contributed by atoms with Crippen molar-refractivity contribution in [3.63, 3.8) is 0 Å². The molecule has 1 saturated heterocycles. The van der Waals surface area contributed by atoms with Crippen molar-refractivity contribution in [3.8, 4) is 0 Å². The van der Waals surface area contributed by atoms with Gasteiger partial charge in [0.05, 0.1) is 41.1 Å². The van der Waals surface area contributed by atoms with Gasteiger partial charge in [-0.1, -0.05) is 28.4 Å². The molecule has 1 aromatic carbocycles. The van der Waals surface area contributed by atoms with Crippen molar-refractivity contribution in [1.29, 1.82) is 0 Å². The number of amides is 1. The molecule has 0 saturated carbocycles. The lowest BCUT2D eigenvalue weighted by molar-refractivity contribution is 0.0730. The zero-order chi connectivity index (χ0) is 19.6. The molecule has 0 radical (unpaired) electrons. The molecule has 1 N–H and O–H groups in total. The lowest BCUT2D eigenvalue weighted by atomic mass is 10.2. The predicted molar refractivity (Wildman–Crippen MR) is 98.5 cm³/mol. The minimum absolute atomic E-state index is 0.00383. The summed E-state index contributed by atoms with van der Waals surface area (Å²) in [6.45, 7) is 2.88. The van der Waals surface area contributed by atoms with Crippen LogP contribution in [0.25, 0.3) is 0 Å². The summed E-state index contributed by atoms with van der Waals surface area (Å²) in [5.74, 6) is -0.0868. The van der Waals surface area contributed by atoms with Crippen LogP contribution < -0.4 is 5.32 Å². The lowest BCUT2D eigenvalue weighted by Gasteiger charge is -2.26. The summed E-state index contributed by atoms with van der Waals surface area (Å²) in [6, 6.07) is 4.12. The van der Waals surface area contributed by atoms with Gasteiger partial charge in [-0.05, 0) is 19.1 Å². The highest BCUT2D eigenvalue weighted by molar-refractivity contribution is 7.89. The van der Waals surface area contributed by atoms with Gasteiger partial charge in [-0.25, -0.2) is 8.42 Å². The average Bonchev–Trinajstić information content (AvgIpc) is 3.05. The number of sulfonamides is 1. The Balaban J connectivity index is 1.85. The summed E-state index contributed by atoms with van der Waals surface area (Å²) in [5, 5.41) is 6.35. The molecule has 2 aromatic rings. The third kappa shape index (κ3) is 4.44. The van der Waals surface area contributed by atoms with Gasteiger partial charge < -0.3 is 14.6 Å². The third-order valence-corrected chi connectivity index (χ3v) is 6.63. The number of rotatable bonds is 5. The first-order chi connectivity index (χ1) is 12.8. The van der Waals surface area contributed by atoms with Crippen LogP contribution in [0.3, 0.4) is 0 Å². The standard InChI is InChI=1S/C16H17Cl2N3O5S/c1-10-6-11(26-20-10)9-19-16(22)12-7-15(14(18)8-13(12)17)27(23,24)21-2-4-25-5-3-21/h6-8H,2-5,9H2,1H3,(H,19,22). The van der Waals surface area contributed by atoms with E-state index >= 15 is 0 Å². The van der Waals surface area contributed by atoms with E-state index in [4.69, 9.17) is 32.5 Å². The van der Waals surface area contributed by atoms with E-state index in [-0.39, 0.29) is 40.1 Å². The summed E-state index contributed by atoms with van der Waals surface area (Å²) in [7, 11) is -3.88. The highest BCUT2D eigenvalue weighted by Gasteiger charge is 2.30. The molecule has 0 atom stereocenters. The number of aromatic nitrogens is 1. The van der Waals surface area contributed by atoms with Crippen molar-refractivity contribution in [1.82, 2.24) is 14.8 Å². The zero-order valence-electron chi connectivity index (χ0n) is 14.4. The van der Waals surface area contributed by atoms with E-state index in [1.807, 2.05) is 0 Å². The van der Waals surface area contributed by atoms with Crippen molar-refractivity contribution < 1.29 is 22.5 Å². The van der Waals surface area contributed by atoms with Crippen molar-refractivity contribution in [3.05, 3.63) is 45.3 Å². The molecular weight excluding hydrogens is 417 g/mol. The van der Waals surface area contributed by atoms with E-state index in [1.165, 1.54) is 16.4 Å². The minimum atomic E-state index is -3.88. The Morgan fingerprint density at radius 2 is 1.93 bits per heavy atom. The van der Waals surface area contributed by atoms with Gasteiger partial charge in [0.2, 0.25) is 10.0 Å². The van der Waals surface area contributed by atoms with Crippen LogP contribution in [0.5, 0.6) is 0 Å². The number of nitrogens with one attached hydrogen (secondary N) is 1. The van der Waals surface area contributed by atoms with Gasteiger partial charge in [0, 0.05) is 19.2 Å². The Bertz CT molecular complexity index is 955. The highest BCUT2D eigenvalue weighted by atomic mass is 35.5. The van der Waals surface area contributed by atoms with Crippen LogP contribution in [0.15, 0.2) is 27.6 Å². The van der Waals surface area contributed by atoms with E-state index in [0.29, 0.717) is 24.7 Å². The number of aryl methyl sites for hydroxylation is 1. The van der Waals surface area contributed by atoms with E-state index in [0.717, 1.165) is 0 Å². The van der Waals surface area contributed by atoms with Crippen LogP contribution in [-0.4, -0.2) is 50.1 Å². The Kier molecular flexibility index (Phi) is 6.07. The molecule has 146 valence electrons. The SMILES string of the molecule is Cc1cc(CNC(=O)c2cc(S(=O)(=O)N3CCOCC3)c(Cl)cc2Cl)on1. The molecule has 1 aliphatic rings. The third-order valence-electron chi connectivity index (χ3n) is 3.95. The van der Waals surface area contributed by atoms with Gasteiger partial charge in [-0.15, -0.1) is 0 Å². The summed E-state index contributed by atoms with van der Waals surface area (Å²) in [6.07, 6.45) is 0. The van der Waals surface area contributed by atoms with E-state index < -0.39 is 15.9 Å². The number of ether oxygens (including phenoxy) is 1. The highest BCUT2D eigenvalue weighted by Crippen LogP contribution is 2.31. The molecule has 27 heavy (non-hydrogen) atoms. The molecule has 1 aromatic heterocycles. The Labute approximate surface area is 166 Å². The molecule has 0 spiro atoms. The van der Waals surface area contributed by atoms with E-state index in [9.17, 15) is 13.2 Å². The largest absolute Gasteiger partial charge is 0.379 e. The molecule has 2 heterocycles. The van der Waals surface area contributed by atoms with Gasteiger partial charge in [-0.3, -0.25) is 4.79 Å². The maximum Gasteiger partial charge on any atom is 0.253 e. The van der Waals surface area contributed by atoms with Crippen molar-refractivity contribution >= 4 is 39.1 Å².